The lowest BCUT2D eigenvalue weighted by Crippen LogP contribution is -2.44. The first-order valence-electron chi connectivity index (χ1n) is 7.57. The van der Waals surface area contributed by atoms with E-state index in [-0.39, 0.29) is 23.5 Å². The van der Waals surface area contributed by atoms with E-state index in [0.29, 0.717) is 11.6 Å². The van der Waals surface area contributed by atoms with Gasteiger partial charge in [-0.25, -0.2) is 9.88 Å². The van der Waals surface area contributed by atoms with Crippen molar-refractivity contribution in [2.75, 3.05) is 4.90 Å². The zero-order chi connectivity index (χ0) is 15.7. The molecule has 114 valence electrons. The van der Waals surface area contributed by atoms with Gasteiger partial charge in [0.2, 0.25) is 11.8 Å². The van der Waals surface area contributed by atoms with Crippen LogP contribution in [0.5, 0.6) is 0 Å². The number of ketones is 1. The molecule has 4 aliphatic rings. The predicted molar refractivity (Wildman–Crippen MR) is 83.1 cm³/mol. The van der Waals surface area contributed by atoms with E-state index in [2.05, 4.69) is 4.98 Å². The molecule has 1 aromatic carbocycles. The summed E-state index contributed by atoms with van der Waals surface area (Å²) in [5.74, 6) is -2.05. The number of hydrogen-bond acceptors (Lipinski definition) is 5. The number of aromatic nitrogens is 1. The third kappa shape index (κ3) is 1.51. The number of rotatable bonds is 1. The van der Waals surface area contributed by atoms with Crippen molar-refractivity contribution in [2.45, 2.75) is 18.3 Å². The second kappa shape index (κ2) is 4.35. The Kier molecular flexibility index (Phi) is 2.48. The molecule has 3 aliphatic carbocycles. The van der Waals surface area contributed by atoms with Crippen molar-refractivity contribution in [2.24, 2.45) is 11.8 Å². The first kappa shape index (κ1) is 13.1. The Morgan fingerprint density at radius 2 is 1.78 bits per heavy atom. The number of thiazole rings is 1. The maximum absolute atomic E-state index is 12.9. The number of benzene rings is 1. The van der Waals surface area contributed by atoms with Crippen molar-refractivity contribution >= 4 is 34.1 Å². The van der Waals surface area contributed by atoms with Gasteiger partial charge in [0, 0.05) is 23.9 Å². The van der Waals surface area contributed by atoms with Crippen LogP contribution in [-0.4, -0.2) is 22.6 Å². The fraction of sp³-hybridized carbons (Fsp3) is 0.294. The molecule has 1 saturated heterocycles. The summed E-state index contributed by atoms with van der Waals surface area (Å²) in [6.07, 6.45) is 1.94. The van der Waals surface area contributed by atoms with Gasteiger partial charge in [0.15, 0.2) is 5.13 Å². The zero-order valence-corrected chi connectivity index (χ0v) is 12.8. The molecule has 6 heteroatoms. The predicted octanol–water partition coefficient (Wildman–Crippen LogP) is 2.10. The Hall–Kier alpha value is -2.34. The van der Waals surface area contributed by atoms with E-state index in [9.17, 15) is 14.4 Å². The molecule has 5 nitrogen and oxygen atoms in total. The molecule has 2 bridgehead atoms. The molecule has 2 heterocycles. The molecule has 0 N–H and O–H groups in total. The van der Waals surface area contributed by atoms with Crippen LogP contribution in [0, 0.1) is 11.8 Å². The quantitative estimate of drug-likeness (QED) is 0.754. The topological polar surface area (TPSA) is 67.3 Å². The summed E-state index contributed by atoms with van der Waals surface area (Å²) >= 11 is 1.27. The van der Waals surface area contributed by atoms with Crippen LogP contribution >= 0.6 is 11.3 Å². The number of amides is 2. The van der Waals surface area contributed by atoms with E-state index in [1.165, 1.54) is 16.2 Å². The smallest absolute Gasteiger partial charge is 0.240 e. The number of hydrogen-bond donors (Lipinski definition) is 0. The molecule has 2 amide bonds. The Balaban J connectivity index is 1.69. The van der Waals surface area contributed by atoms with Gasteiger partial charge in [-0.05, 0) is 11.1 Å². The number of imide groups is 1. The SMILES string of the molecule is O=C1C[C@H]2c3ccccc3[C@H]1[C@@H]1C(=O)N(c3nccs3)C(=O)[C@@H]12. The van der Waals surface area contributed by atoms with Gasteiger partial charge in [0.1, 0.15) is 5.78 Å². The lowest BCUT2D eigenvalue weighted by atomic mass is 9.56. The van der Waals surface area contributed by atoms with Crippen molar-refractivity contribution in [1.29, 1.82) is 0 Å². The van der Waals surface area contributed by atoms with E-state index >= 15 is 0 Å². The highest BCUT2D eigenvalue weighted by Gasteiger charge is 2.63. The number of carbonyl (C=O) groups is 3. The van der Waals surface area contributed by atoms with Gasteiger partial charge in [-0.15, -0.1) is 11.3 Å². The van der Waals surface area contributed by atoms with Crippen LogP contribution in [0.25, 0.3) is 0 Å². The first-order valence-corrected chi connectivity index (χ1v) is 8.45. The van der Waals surface area contributed by atoms with Crippen molar-refractivity contribution in [3.63, 3.8) is 0 Å². The summed E-state index contributed by atoms with van der Waals surface area (Å²) in [4.78, 5) is 43.7. The number of carbonyl (C=O) groups excluding carboxylic acids is 3. The van der Waals surface area contributed by atoms with Crippen LogP contribution in [0.1, 0.15) is 29.4 Å². The molecule has 0 spiro atoms. The fourth-order valence-electron chi connectivity index (χ4n) is 4.47. The van der Waals surface area contributed by atoms with E-state index < -0.39 is 17.8 Å². The van der Waals surface area contributed by atoms with Crippen LogP contribution in [0.3, 0.4) is 0 Å². The molecule has 1 aromatic heterocycles. The monoisotopic (exact) mass is 324 g/mol. The Morgan fingerprint density at radius 3 is 2.52 bits per heavy atom. The van der Waals surface area contributed by atoms with Gasteiger partial charge in [-0.2, -0.15) is 0 Å². The third-order valence-corrected chi connectivity index (χ3v) is 6.06. The molecule has 2 fully saturated rings. The Labute approximate surface area is 135 Å². The summed E-state index contributed by atoms with van der Waals surface area (Å²) in [7, 11) is 0. The summed E-state index contributed by atoms with van der Waals surface area (Å²) < 4.78 is 0. The summed E-state index contributed by atoms with van der Waals surface area (Å²) in [5.41, 5.74) is 1.98. The minimum absolute atomic E-state index is 0.0806. The van der Waals surface area contributed by atoms with E-state index in [1.807, 2.05) is 24.3 Å². The average Bonchev–Trinajstić information content (AvgIpc) is 3.16. The van der Waals surface area contributed by atoms with E-state index in [0.717, 1.165) is 11.1 Å². The maximum Gasteiger partial charge on any atom is 0.240 e. The molecule has 1 aliphatic heterocycles. The van der Waals surface area contributed by atoms with Crippen molar-refractivity contribution in [3.05, 3.63) is 47.0 Å². The second-order valence-corrected chi connectivity index (χ2v) is 7.13. The summed E-state index contributed by atoms with van der Waals surface area (Å²) in [5, 5.41) is 2.15. The molecule has 23 heavy (non-hydrogen) atoms. The Morgan fingerprint density at radius 1 is 1.04 bits per heavy atom. The largest absolute Gasteiger partial charge is 0.299 e. The van der Waals surface area contributed by atoms with Crippen LogP contribution in [-0.2, 0) is 14.4 Å². The summed E-state index contributed by atoms with van der Waals surface area (Å²) in [6, 6.07) is 7.73. The van der Waals surface area contributed by atoms with Gasteiger partial charge in [0.25, 0.3) is 0 Å². The average molecular weight is 324 g/mol. The van der Waals surface area contributed by atoms with Gasteiger partial charge < -0.3 is 0 Å². The minimum Gasteiger partial charge on any atom is -0.299 e. The molecule has 0 unspecified atom stereocenters. The van der Waals surface area contributed by atoms with Crippen LogP contribution in [0.4, 0.5) is 5.13 Å². The third-order valence-electron chi connectivity index (χ3n) is 5.30. The lowest BCUT2D eigenvalue weighted by Gasteiger charge is -2.43. The van der Waals surface area contributed by atoms with Crippen molar-refractivity contribution in [1.82, 2.24) is 4.98 Å². The van der Waals surface area contributed by atoms with Crippen molar-refractivity contribution in [3.8, 4) is 0 Å². The molecule has 6 rings (SSSR count). The lowest BCUT2D eigenvalue weighted by molar-refractivity contribution is -0.134. The molecular weight excluding hydrogens is 312 g/mol. The standard InChI is InChI=1S/C17H12N2O3S/c20-11-7-10-8-3-1-2-4-9(8)12(11)14-13(10)15(21)19(16(14)22)17-18-5-6-23-17/h1-6,10,12-14H,7H2/t10-,12+,13+,14-/m0/s1. The second-order valence-electron chi connectivity index (χ2n) is 6.26. The first-order chi connectivity index (χ1) is 11.2. The molecule has 0 radical (unpaired) electrons. The normalized spacial score (nSPS) is 31.5. The number of fused-ring (bicyclic) bond motifs is 1. The van der Waals surface area contributed by atoms with E-state index in [4.69, 9.17) is 0 Å². The molecule has 1 saturated carbocycles. The molecule has 2 aromatic rings. The van der Waals surface area contributed by atoms with Gasteiger partial charge in [-0.3, -0.25) is 14.4 Å². The highest BCUT2D eigenvalue weighted by Crippen LogP contribution is 2.57. The fourth-order valence-corrected chi connectivity index (χ4v) is 5.12. The van der Waals surface area contributed by atoms with Gasteiger partial charge in [-0.1, -0.05) is 24.3 Å². The van der Waals surface area contributed by atoms with E-state index in [1.54, 1.807) is 11.6 Å². The van der Waals surface area contributed by atoms with Crippen LogP contribution in [0.15, 0.2) is 35.8 Å². The van der Waals surface area contributed by atoms with Crippen LogP contribution in [0.2, 0.25) is 0 Å². The van der Waals surface area contributed by atoms with Gasteiger partial charge >= 0.3 is 0 Å². The maximum atomic E-state index is 12.9. The van der Waals surface area contributed by atoms with Crippen molar-refractivity contribution < 1.29 is 14.4 Å². The van der Waals surface area contributed by atoms with Gasteiger partial charge in [0.05, 0.1) is 17.8 Å². The number of Topliss-reactive ketones (excluding diaryl/α,β-unsaturated/α-hetero) is 1. The number of nitrogens with zero attached hydrogens (tertiary/aromatic N) is 2. The Bertz CT molecular complexity index is 860. The minimum atomic E-state index is -0.562. The molecular formula is C17H12N2O3S. The van der Waals surface area contributed by atoms with Crippen LogP contribution < -0.4 is 4.90 Å². The summed E-state index contributed by atoms with van der Waals surface area (Å²) in [6.45, 7) is 0. The zero-order valence-electron chi connectivity index (χ0n) is 12.0. The molecule has 4 atom stereocenters. The highest BCUT2D eigenvalue weighted by atomic mass is 32.1. The highest BCUT2D eigenvalue weighted by molar-refractivity contribution is 7.14. The number of anilines is 1.